The maximum atomic E-state index is 11.9. The van der Waals surface area contributed by atoms with E-state index in [9.17, 15) is 4.79 Å². The van der Waals surface area contributed by atoms with Crippen LogP contribution in [0.2, 0.25) is 0 Å². The van der Waals surface area contributed by atoms with Crippen molar-refractivity contribution >= 4 is 11.7 Å². The Labute approximate surface area is 95.4 Å². The van der Waals surface area contributed by atoms with E-state index < -0.39 is 0 Å². The fraction of sp³-hybridized carbons (Fsp3) is 0.455. The van der Waals surface area contributed by atoms with Crippen LogP contribution in [0.4, 0.5) is 5.82 Å². The molecule has 0 atom stereocenters. The zero-order valence-corrected chi connectivity index (χ0v) is 9.86. The number of hydrogen-bond donors (Lipinski definition) is 1. The number of methoxy groups -OCH3 is 1. The summed E-state index contributed by atoms with van der Waals surface area (Å²) in [5, 5.41) is 2.90. The van der Waals surface area contributed by atoms with Gasteiger partial charge in [0.25, 0.3) is 5.91 Å². The molecule has 1 amide bonds. The highest BCUT2D eigenvalue weighted by Gasteiger charge is 2.11. The molecular formula is C11H17N3O2. The molecule has 0 aliphatic rings. The SMILES string of the molecule is CNc1cc(C(=O)N(C)CCOC)ccn1. The van der Waals surface area contributed by atoms with Gasteiger partial charge in [0.15, 0.2) is 0 Å². The van der Waals surface area contributed by atoms with Crippen LogP contribution in [0.15, 0.2) is 18.3 Å². The standard InChI is InChI=1S/C11H17N3O2/c1-12-10-8-9(4-5-13-10)11(15)14(2)6-7-16-3/h4-5,8H,6-7H2,1-3H3,(H,12,13). The average Bonchev–Trinajstić information content (AvgIpc) is 2.35. The molecule has 1 N–H and O–H groups in total. The van der Waals surface area contributed by atoms with Crippen molar-refractivity contribution in [2.75, 3.05) is 39.7 Å². The molecular weight excluding hydrogens is 206 g/mol. The van der Waals surface area contributed by atoms with Gasteiger partial charge in [-0.05, 0) is 12.1 Å². The number of amides is 1. The lowest BCUT2D eigenvalue weighted by molar-refractivity contribution is 0.0744. The number of ether oxygens (including phenoxy) is 1. The summed E-state index contributed by atoms with van der Waals surface area (Å²) in [4.78, 5) is 17.6. The number of carbonyl (C=O) groups is 1. The van der Waals surface area contributed by atoms with E-state index in [1.165, 1.54) is 0 Å². The van der Waals surface area contributed by atoms with Gasteiger partial charge in [0, 0.05) is 39.5 Å². The Balaban J connectivity index is 2.71. The number of nitrogens with one attached hydrogen (secondary N) is 1. The van der Waals surface area contributed by atoms with Gasteiger partial charge >= 0.3 is 0 Å². The largest absolute Gasteiger partial charge is 0.383 e. The molecule has 0 fully saturated rings. The monoisotopic (exact) mass is 223 g/mol. The normalized spacial score (nSPS) is 9.94. The first-order valence-corrected chi connectivity index (χ1v) is 5.07. The minimum absolute atomic E-state index is 0.0315. The maximum absolute atomic E-state index is 11.9. The molecule has 0 aromatic carbocycles. The third-order valence-electron chi connectivity index (χ3n) is 2.24. The summed E-state index contributed by atoms with van der Waals surface area (Å²) in [7, 11) is 5.13. The van der Waals surface area contributed by atoms with Gasteiger partial charge in [-0.15, -0.1) is 0 Å². The molecule has 0 spiro atoms. The summed E-state index contributed by atoms with van der Waals surface area (Å²) in [6.45, 7) is 1.11. The van der Waals surface area contributed by atoms with Crippen LogP contribution in [0, 0.1) is 0 Å². The van der Waals surface area contributed by atoms with Gasteiger partial charge in [0.2, 0.25) is 0 Å². The van der Waals surface area contributed by atoms with Crippen LogP contribution >= 0.6 is 0 Å². The molecule has 0 saturated carbocycles. The summed E-state index contributed by atoms with van der Waals surface area (Å²) in [6.07, 6.45) is 1.61. The number of rotatable bonds is 5. The Kier molecular flexibility index (Phi) is 4.72. The summed E-state index contributed by atoms with van der Waals surface area (Å²) in [6, 6.07) is 3.43. The van der Waals surface area contributed by atoms with Crippen LogP contribution in [0.3, 0.4) is 0 Å². The molecule has 0 unspecified atom stereocenters. The Morgan fingerprint density at radius 2 is 2.38 bits per heavy atom. The molecule has 0 saturated heterocycles. The minimum atomic E-state index is -0.0315. The quantitative estimate of drug-likeness (QED) is 0.803. The minimum Gasteiger partial charge on any atom is -0.383 e. The molecule has 0 aliphatic carbocycles. The van der Waals surface area contributed by atoms with E-state index in [2.05, 4.69) is 10.3 Å². The molecule has 1 rings (SSSR count). The first kappa shape index (κ1) is 12.4. The van der Waals surface area contributed by atoms with Crippen molar-refractivity contribution in [2.45, 2.75) is 0 Å². The van der Waals surface area contributed by atoms with Crippen molar-refractivity contribution in [3.63, 3.8) is 0 Å². The van der Waals surface area contributed by atoms with Gasteiger partial charge in [0.1, 0.15) is 5.82 Å². The van der Waals surface area contributed by atoms with E-state index in [4.69, 9.17) is 4.74 Å². The van der Waals surface area contributed by atoms with Crippen molar-refractivity contribution in [2.24, 2.45) is 0 Å². The van der Waals surface area contributed by atoms with Crippen molar-refractivity contribution in [1.29, 1.82) is 0 Å². The van der Waals surface area contributed by atoms with E-state index in [0.717, 1.165) is 0 Å². The van der Waals surface area contributed by atoms with E-state index in [1.54, 1.807) is 44.4 Å². The highest BCUT2D eigenvalue weighted by Crippen LogP contribution is 2.08. The zero-order chi connectivity index (χ0) is 12.0. The second-order valence-electron chi connectivity index (χ2n) is 3.40. The molecule has 88 valence electrons. The van der Waals surface area contributed by atoms with Crippen LogP contribution < -0.4 is 5.32 Å². The molecule has 1 heterocycles. The first-order valence-electron chi connectivity index (χ1n) is 5.07. The third-order valence-corrected chi connectivity index (χ3v) is 2.24. The van der Waals surface area contributed by atoms with Crippen molar-refractivity contribution in [3.05, 3.63) is 23.9 Å². The Morgan fingerprint density at radius 1 is 1.62 bits per heavy atom. The maximum Gasteiger partial charge on any atom is 0.253 e. The van der Waals surface area contributed by atoms with E-state index in [1.807, 2.05) is 0 Å². The number of pyridine rings is 1. The predicted molar refractivity (Wildman–Crippen MR) is 62.6 cm³/mol. The van der Waals surface area contributed by atoms with Crippen molar-refractivity contribution in [1.82, 2.24) is 9.88 Å². The summed E-state index contributed by atoms with van der Waals surface area (Å²) in [5.74, 6) is 0.655. The lowest BCUT2D eigenvalue weighted by Gasteiger charge is -2.16. The Morgan fingerprint density at radius 3 is 3.00 bits per heavy atom. The second-order valence-corrected chi connectivity index (χ2v) is 3.40. The van der Waals surface area contributed by atoms with Gasteiger partial charge in [-0.3, -0.25) is 4.79 Å². The number of aromatic nitrogens is 1. The molecule has 0 aliphatic heterocycles. The number of likely N-dealkylation sites (N-methyl/N-ethyl adjacent to an activating group) is 1. The average molecular weight is 223 g/mol. The summed E-state index contributed by atoms with van der Waals surface area (Å²) >= 11 is 0. The predicted octanol–water partition coefficient (Wildman–Crippen LogP) is 0.842. The fourth-order valence-electron chi connectivity index (χ4n) is 1.25. The lowest BCUT2D eigenvalue weighted by atomic mass is 10.2. The van der Waals surface area contributed by atoms with Crippen LogP contribution in [-0.4, -0.2) is 50.1 Å². The molecule has 0 bridgehead atoms. The van der Waals surface area contributed by atoms with Gasteiger partial charge in [-0.1, -0.05) is 0 Å². The van der Waals surface area contributed by atoms with Crippen molar-refractivity contribution < 1.29 is 9.53 Å². The molecule has 5 heteroatoms. The number of hydrogen-bond acceptors (Lipinski definition) is 4. The number of anilines is 1. The van der Waals surface area contributed by atoms with Gasteiger partial charge < -0.3 is 15.0 Å². The van der Waals surface area contributed by atoms with Gasteiger partial charge in [-0.25, -0.2) is 4.98 Å². The van der Waals surface area contributed by atoms with Crippen molar-refractivity contribution in [3.8, 4) is 0 Å². The zero-order valence-electron chi connectivity index (χ0n) is 9.86. The molecule has 1 aromatic rings. The highest BCUT2D eigenvalue weighted by atomic mass is 16.5. The topological polar surface area (TPSA) is 54.5 Å². The second kappa shape index (κ2) is 6.07. The highest BCUT2D eigenvalue weighted by molar-refractivity contribution is 5.94. The lowest BCUT2D eigenvalue weighted by Crippen LogP contribution is -2.30. The van der Waals surface area contributed by atoms with E-state index >= 15 is 0 Å². The van der Waals surface area contributed by atoms with Crippen LogP contribution in [0.5, 0.6) is 0 Å². The van der Waals surface area contributed by atoms with E-state index in [0.29, 0.717) is 24.5 Å². The fourth-order valence-corrected chi connectivity index (χ4v) is 1.25. The van der Waals surface area contributed by atoms with Gasteiger partial charge in [0.05, 0.1) is 6.61 Å². The smallest absolute Gasteiger partial charge is 0.253 e. The number of nitrogens with zero attached hydrogens (tertiary/aromatic N) is 2. The molecule has 16 heavy (non-hydrogen) atoms. The summed E-state index contributed by atoms with van der Waals surface area (Å²) < 4.78 is 4.92. The van der Waals surface area contributed by atoms with E-state index in [-0.39, 0.29) is 5.91 Å². The number of carbonyl (C=O) groups excluding carboxylic acids is 1. The van der Waals surface area contributed by atoms with Crippen LogP contribution in [0.25, 0.3) is 0 Å². The summed E-state index contributed by atoms with van der Waals surface area (Å²) in [5.41, 5.74) is 0.623. The molecule has 1 aromatic heterocycles. The third kappa shape index (κ3) is 3.20. The molecule has 0 radical (unpaired) electrons. The van der Waals surface area contributed by atoms with Gasteiger partial charge in [-0.2, -0.15) is 0 Å². The Hall–Kier alpha value is -1.62. The Bertz CT molecular complexity index is 355. The molecule has 5 nitrogen and oxygen atoms in total. The van der Waals surface area contributed by atoms with Crippen LogP contribution in [0.1, 0.15) is 10.4 Å². The first-order chi connectivity index (χ1) is 7.69. The van der Waals surface area contributed by atoms with Crippen LogP contribution in [-0.2, 0) is 4.74 Å².